The molecule has 0 aromatic carbocycles. The van der Waals surface area contributed by atoms with Gasteiger partial charge in [-0.3, -0.25) is 4.98 Å². The summed E-state index contributed by atoms with van der Waals surface area (Å²) in [5.74, 6) is 0. The molecule has 0 aliphatic rings. The van der Waals surface area contributed by atoms with Gasteiger partial charge >= 0.3 is 0 Å². The molecule has 90 valence electrons. The SMILES string of the molecule is CNC(c1cncc(C)c1)c1cc(C)c(Br)s1. The summed E-state index contributed by atoms with van der Waals surface area (Å²) < 4.78 is 1.20. The molecule has 2 aromatic heterocycles. The van der Waals surface area contributed by atoms with Crippen LogP contribution in [0.1, 0.15) is 27.6 Å². The van der Waals surface area contributed by atoms with Crippen molar-refractivity contribution >= 4 is 27.3 Å². The standard InChI is InChI=1S/C13H15BrN2S/c1-8-4-10(7-16-6-8)12(15-3)11-5-9(2)13(14)17-11/h4-7,12,15H,1-3H3. The Morgan fingerprint density at radius 3 is 2.59 bits per heavy atom. The number of nitrogens with one attached hydrogen (secondary N) is 1. The highest BCUT2D eigenvalue weighted by atomic mass is 79.9. The second-order valence-electron chi connectivity index (χ2n) is 4.12. The lowest BCUT2D eigenvalue weighted by Gasteiger charge is -2.14. The van der Waals surface area contributed by atoms with Crippen molar-refractivity contribution in [1.29, 1.82) is 0 Å². The maximum Gasteiger partial charge on any atom is 0.0731 e. The Bertz CT molecular complexity index is 502. The van der Waals surface area contributed by atoms with E-state index in [0.29, 0.717) is 0 Å². The monoisotopic (exact) mass is 310 g/mol. The summed E-state index contributed by atoms with van der Waals surface area (Å²) in [6.45, 7) is 4.18. The van der Waals surface area contributed by atoms with E-state index in [9.17, 15) is 0 Å². The quantitative estimate of drug-likeness (QED) is 0.932. The lowest BCUT2D eigenvalue weighted by molar-refractivity contribution is 0.699. The van der Waals surface area contributed by atoms with Crippen molar-refractivity contribution in [3.8, 4) is 0 Å². The minimum Gasteiger partial charge on any atom is -0.309 e. The number of rotatable bonds is 3. The maximum atomic E-state index is 4.26. The first-order chi connectivity index (χ1) is 8.11. The van der Waals surface area contributed by atoms with Gasteiger partial charge in [-0.05, 0) is 59.6 Å². The molecule has 0 aliphatic carbocycles. The molecule has 4 heteroatoms. The summed E-state index contributed by atoms with van der Waals surface area (Å²) >= 11 is 5.35. The van der Waals surface area contributed by atoms with Crippen molar-refractivity contribution < 1.29 is 0 Å². The molecule has 0 fully saturated rings. The fourth-order valence-electron chi connectivity index (χ4n) is 1.84. The van der Waals surface area contributed by atoms with Crippen molar-refractivity contribution in [3.63, 3.8) is 0 Å². The van der Waals surface area contributed by atoms with Gasteiger partial charge in [0, 0.05) is 17.3 Å². The number of hydrogen-bond donors (Lipinski definition) is 1. The Kier molecular flexibility index (Phi) is 3.97. The van der Waals surface area contributed by atoms with Crippen LogP contribution in [0.2, 0.25) is 0 Å². The maximum absolute atomic E-state index is 4.26. The van der Waals surface area contributed by atoms with E-state index in [1.54, 1.807) is 11.3 Å². The van der Waals surface area contributed by atoms with E-state index in [-0.39, 0.29) is 6.04 Å². The third-order valence-electron chi connectivity index (χ3n) is 2.68. The van der Waals surface area contributed by atoms with Crippen LogP contribution in [0.4, 0.5) is 0 Å². The van der Waals surface area contributed by atoms with E-state index >= 15 is 0 Å². The molecule has 0 aliphatic heterocycles. The summed E-state index contributed by atoms with van der Waals surface area (Å²) in [5, 5.41) is 3.35. The summed E-state index contributed by atoms with van der Waals surface area (Å²) in [6.07, 6.45) is 3.81. The zero-order chi connectivity index (χ0) is 12.4. The third kappa shape index (κ3) is 2.76. The highest BCUT2D eigenvalue weighted by molar-refractivity contribution is 9.11. The van der Waals surface area contributed by atoms with Crippen molar-refractivity contribution in [2.75, 3.05) is 7.05 Å². The smallest absolute Gasteiger partial charge is 0.0731 e. The van der Waals surface area contributed by atoms with Gasteiger partial charge in [-0.25, -0.2) is 0 Å². The van der Waals surface area contributed by atoms with Crippen LogP contribution in [0, 0.1) is 13.8 Å². The summed E-state index contributed by atoms with van der Waals surface area (Å²) in [6, 6.07) is 4.62. The molecular weight excluding hydrogens is 296 g/mol. The number of thiophene rings is 1. The number of aromatic nitrogens is 1. The van der Waals surface area contributed by atoms with Gasteiger partial charge in [-0.2, -0.15) is 0 Å². The Hall–Kier alpha value is -0.710. The van der Waals surface area contributed by atoms with Gasteiger partial charge in [0.2, 0.25) is 0 Å². The van der Waals surface area contributed by atoms with Crippen LogP contribution in [0.3, 0.4) is 0 Å². The molecule has 1 N–H and O–H groups in total. The first-order valence-electron chi connectivity index (χ1n) is 5.46. The van der Waals surface area contributed by atoms with Gasteiger partial charge in [-0.1, -0.05) is 6.07 Å². The Balaban J connectivity index is 2.39. The summed E-state index contributed by atoms with van der Waals surface area (Å²) in [5.41, 5.74) is 3.68. The highest BCUT2D eigenvalue weighted by Gasteiger charge is 2.15. The minimum absolute atomic E-state index is 0.220. The zero-order valence-electron chi connectivity index (χ0n) is 10.1. The molecule has 0 saturated heterocycles. The van der Waals surface area contributed by atoms with Crippen molar-refractivity contribution in [3.05, 3.63) is 49.9 Å². The number of hydrogen-bond acceptors (Lipinski definition) is 3. The molecule has 1 unspecified atom stereocenters. The molecule has 1 atom stereocenters. The summed E-state index contributed by atoms with van der Waals surface area (Å²) in [7, 11) is 1.98. The molecule has 2 nitrogen and oxygen atoms in total. The molecular formula is C13H15BrN2S. The van der Waals surface area contributed by atoms with Crippen LogP contribution >= 0.6 is 27.3 Å². The third-order valence-corrected chi connectivity index (χ3v) is 4.88. The number of halogens is 1. The number of aryl methyl sites for hydroxylation is 2. The molecule has 0 radical (unpaired) electrons. The van der Waals surface area contributed by atoms with Crippen LogP contribution < -0.4 is 5.32 Å². The second-order valence-corrected chi connectivity index (χ2v) is 6.52. The highest BCUT2D eigenvalue weighted by Crippen LogP contribution is 2.34. The molecule has 2 heterocycles. The number of pyridine rings is 1. The van der Waals surface area contributed by atoms with Gasteiger partial charge in [-0.15, -0.1) is 11.3 Å². The molecule has 2 rings (SSSR count). The molecule has 0 spiro atoms. The van der Waals surface area contributed by atoms with Crippen molar-refractivity contribution in [2.24, 2.45) is 0 Å². The molecule has 17 heavy (non-hydrogen) atoms. The normalized spacial score (nSPS) is 12.7. The predicted octanol–water partition coefficient (Wildman–Crippen LogP) is 3.83. The molecule has 2 aromatic rings. The van der Waals surface area contributed by atoms with E-state index in [0.717, 1.165) is 0 Å². The van der Waals surface area contributed by atoms with Gasteiger partial charge < -0.3 is 5.32 Å². The summed E-state index contributed by atoms with van der Waals surface area (Å²) in [4.78, 5) is 5.57. The zero-order valence-corrected chi connectivity index (χ0v) is 12.5. The topological polar surface area (TPSA) is 24.9 Å². The van der Waals surface area contributed by atoms with E-state index in [2.05, 4.69) is 52.2 Å². The van der Waals surface area contributed by atoms with Crippen LogP contribution in [0.25, 0.3) is 0 Å². The van der Waals surface area contributed by atoms with Gasteiger partial charge in [0.1, 0.15) is 0 Å². The average Bonchev–Trinajstić information content (AvgIpc) is 2.60. The van der Waals surface area contributed by atoms with E-state index in [1.165, 1.54) is 25.4 Å². The number of nitrogens with zero attached hydrogens (tertiary/aromatic N) is 1. The largest absolute Gasteiger partial charge is 0.309 e. The van der Waals surface area contributed by atoms with Crippen LogP contribution in [0.5, 0.6) is 0 Å². The average molecular weight is 311 g/mol. The lowest BCUT2D eigenvalue weighted by Crippen LogP contribution is -2.16. The molecule has 0 bridgehead atoms. The molecule has 0 amide bonds. The lowest BCUT2D eigenvalue weighted by atomic mass is 10.1. The second kappa shape index (κ2) is 5.29. The predicted molar refractivity (Wildman–Crippen MR) is 76.6 cm³/mol. The molecule has 0 saturated carbocycles. The van der Waals surface area contributed by atoms with Crippen LogP contribution in [-0.2, 0) is 0 Å². The van der Waals surface area contributed by atoms with Gasteiger partial charge in [0.05, 0.1) is 9.83 Å². The first kappa shape index (κ1) is 12.7. The van der Waals surface area contributed by atoms with E-state index < -0.39 is 0 Å². The van der Waals surface area contributed by atoms with Crippen molar-refractivity contribution in [1.82, 2.24) is 10.3 Å². The van der Waals surface area contributed by atoms with E-state index in [4.69, 9.17) is 0 Å². The Labute approximate surface area is 114 Å². The first-order valence-corrected chi connectivity index (χ1v) is 7.07. The fourth-order valence-corrected chi connectivity index (χ4v) is 3.54. The Morgan fingerprint density at radius 2 is 2.06 bits per heavy atom. The van der Waals surface area contributed by atoms with Gasteiger partial charge in [0.25, 0.3) is 0 Å². The van der Waals surface area contributed by atoms with Crippen molar-refractivity contribution in [2.45, 2.75) is 19.9 Å². The minimum atomic E-state index is 0.220. The van der Waals surface area contributed by atoms with Crippen LogP contribution in [-0.4, -0.2) is 12.0 Å². The fraction of sp³-hybridized carbons (Fsp3) is 0.308. The Morgan fingerprint density at radius 1 is 1.29 bits per heavy atom. The van der Waals surface area contributed by atoms with Crippen LogP contribution in [0.15, 0.2) is 28.3 Å². The van der Waals surface area contributed by atoms with Gasteiger partial charge in [0.15, 0.2) is 0 Å². The van der Waals surface area contributed by atoms with E-state index in [1.807, 2.05) is 19.4 Å².